The van der Waals surface area contributed by atoms with Crippen molar-refractivity contribution in [1.29, 1.82) is 0 Å². The first-order chi connectivity index (χ1) is 14.6. The van der Waals surface area contributed by atoms with E-state index in [0.29, 0.717) is 25.7 Å². The van der Waals surface area contributed by atoms with Crippen LogP contribution in [0.4, 0.5) is 0 Å². The van der Waals surface area contributed by atoms with Crippen molar-refractivity contribution in [3.05, 3.63) is 47.0 Å². The summed E-state index contributed by atoms with van der Waals surface area (Å²) >= 11 is 0. The first-order valence-corrected chi connectivity index (χ1v) is 11.5. The van der Waals surface area contributed by atoms with Gasteiger partial charge in [0.1, 0.15) is 6.10 Å². The Labute approximate surface area is 187 Å². The van der Waals surface area contributed by atoms with Crippen LogP contribution in [-0.2, 0) is 21.4 Å². The molecular weight excluding hydrogens is 392 g/mol. The van der Waals surface area contributed by atoms with E-state index in [1.54, 1.807) is 6.92 Å². The summed E-state index contributed by atoms with van der Waals surface area (Å²) in [4.78, 5) is 12.8. The number of benzene rings is 1. The molecule has 5 heteroatoms. The number of aliphatic hydroxyl groups is 3. The molecule has 0 unspecified atom stereocenters. The molecule has 5 atom stereocenters. The number of ether oxygens (including phenoxy) is 1. The molecule has 1 aromatic carbocycles. The molecule has 0 saturated carbocycles. The van der Waals surface area contributed by atoms with Crippen LogP contribution in [-0.4, -0.2) is 46.2 Å². The van der Waals surface area contributed by atoms with E-state index in [-0.39, 0.29) is 12.5 Å². The Morgan fingerprint density at radius 2 is 2.00 bits per heavy atom. The maximum absolute atomic E-state index is 12.8. The fourth-order valence-electron chi connectivity index (χ4n) is 4.13. The molecule has 2 bridgehead atoms. The second-order valence-corrected chi connectivity index (χ2v) is 9.62. The predicted octanol–water partition coefficient (Wildman–Crippen LogP) is 3.93. The van der Waals surface area contributed by atoms with Gasteiger partial charge < -0.3 is 20.1 Å². The van der Waals surface area contributed by atoms with E-state index in [4.69, 9.17) is 4.74 Å². The summed E-state index contributed by atoms with van der Waals surface area (Å²) in [6, 6.07) is 7.91. The van der Waals surface area contributed by atoms with Gasteiger partial charge in [0.25, 0.3) is 0 Å². The van der Waals surface area contributed by atoms with Gasteiger partial charge in [-0.05, 0) is 62.7 Å². The highest BCUT2D eigenvalue weighted by Gasteiger charge is 2.32. The summed E-state index contributed by atoms with van der Waals surface area (Å²) in [7, 11) is 0. The van der Waals surface area contributed by atoms with Crippen LogP contribution in [0.25, 0.3) is 0 Å². The van der Waals surface area contributed by atoms with Gasteiger partial charge in [0.05, 0.1) is 18.1 Å². The van der Waals surface area contributed by atoms with Crippen LogP contribution in [0.5, 0.6) is 0 Å². The molecule has 0 radical (unpaired) electrons. The third-order valence-electron chi connectivity index (χ3n) is 6.87. The zero-order chi connectivity index (χ0) is 23.2. The van der Waals surface area contributed by atoms with Crippen LogP contribution in [0, 0.1) is 11.8 Å². The summed E-state index contributed by atoms with van der Waals surface area (Å²) in [5.41, 5.74) is 2.43. The Morgan fingerprint density at radius 1 is 1.29 bits per heavy atom. The number of rotatable bonds is 4. The van der Waals surface area contributed by atoms with E-state index in [2.05, 4.69) is 0 Å². The molecule has 0 amide bonds. The highest BCUT2D eigenvalue weighted by Crippen LogP contribution is 2.32. The van der Waals surface area contributed by atoms with Crippen molar-refractivity contribution in [1.82, 2.24) is 0 Å². The van der Waals surface area contributed by atoms with Gasteiger partial charge in [-0.25, -0.2) is 0 Å². The van der Waals surface area contributed by atoms with Crippen molar-refractivity contribution >= 4 is 5.97 Å². The second-order valence-electron chi connectivity index (χ2n) is 9.62. The van der Waals surface area contributed by atoms with Crippen LogP contribution in [0.2, 0.25) is 0 Å². The van der Waals surface area contributed by atoms with E-state index >= 15 is 0 Å². The first kappa shape index (κ1) is 25.6. The number of hydrogen-bond donors (Lipinski definition) is 3. The highest BCUT2D eigenvalue weighted by molar-refractivity contribution is 5.73. The van der Waals surface area contributed by atoms with Crippen LogP contribution in [0.15, 0.2) is 35.9 Å². The smallest absolute Gasteiger partial charge is 0.311 e. The lowest BCUT2D eigenvalue weighted by Gasteiger charge is -2.33. The average molecular weight is 433 g/mol. The number of esters is 1. The Hall–Kier alpha value is -1.69. The van der Waals surface area contributed by atoms with E-state index in [0.717, 1.165) is 23.1 Å². The Kier molecular flexibility index (Phi) is 9.28. The maximum atomic E-state index is 12.8. The third kappa shape index (κ3) is 6.64. The third-order valence-corrected chi connectivity index (χ3v) is 6.87. The monoisotopic (exact) mass is 432 g/mol. The minimum Gasteiger partial charge on any atom is -0.458 e. The molecule has 1 aromatic rings. The minimum atomic E-state index is -0.857. The Bertz CT molecular complexity index is 750. The molecule has 0 saturated heterocycles. The number of fused-ring (bicyclic) bond motifs is 2. The van der Waals surface area contributed by atoms with E-state index < -0.39 is 35.6 Å². The first-order valence-electron chi connectivity index (χ1n) is 11.5. The molecule has 1 heterocycles. The van der Waals surface area contributed by atoms with E-state index in [1.165, 1.54) is 0 Å². The molecule has 174 valence electrons. The maximum Gasteiger partial charge on any atom is 0.311 e. The van der Waals surface area contributed by atoms with Gasteiger partial charge in [-0.2, -0.15) is 0 Å². The van der Waals surface area contributed by atoms with Crippen molar-refractivity contribution in [3.8, 4) is 0 Å². The van der Waals surface area contributed by atoms with E-state index in [9.17, 15) is 20.1 Å². The molecular formula is C26H40O5. The number of carbonyl (C=O) groups excluding carboxylic acids is 1. The fourth-order valence-corrected chi connectivity index (χ4v) is 4.13. The van der Waals surface area contributed by atoms with Crippen molar-refractivity contribution in [3.63, 3.8) is 0 Å². The van der Waals surface area contributed by atoms with Gasteiger partial charge in [0.2, 0.25) is 0 Å². The van der Waals surface area contributed by atoms with Gasteiger partial charge in [-0.1, -0.05) is 51.1 Å². The summed E-state index contributed by atoms with van der Waals surface area (Å²) < 4.78 is 5.84. The normalized spacial score (nSPS) is 29.0. The zero-order valence-corrected chi connectivity index (χ0v) is 19.7. The lowest BCUT2D eigenvalue weighted by atomic mass is 9.76. The number of aliphatic hydroxyl groups excluding tert-OH is 3. The molecule has 2 rings (SSSR count). The van der Waals surface area contributed by atoms with Gasteiger partial charge in [-0.3, -0.25) is 4.79 Å². The minimum absolute atomic E-state index is 0.0179. The summed E-state index contributed by atoms with van der Waals surface area (Å²) in [5.74, 6) is -1.05. The number of carbonyl (C=O) groups is 1. The molecule has 0 fully saturated rings. The standard InChI is InChI=1S/C26H40O5/c1-6-19(16-27)13-17(2)23-11-8-12-24(29)26(4,5)21-10-7-9-20(14-21)15-22(28)18(3)25(30)31-23/h7,9-10,13-14,18-19,22-24,27-29H,6,8,11-12,15-16H2,1-5H3/b17-13-/t18-,19+,22+,23-,24-/m0/s1. The topological polar surface area (TPSA) is 87.0 Å². The van der Waals surface area contributed by atoms with Crippen LogP contribution >= 0.6 is 0 Å². The summed E-state index contributed by atoms with van der Waals surface area (Å²) in [6.45, 7) is 9.76. The molecule has 3 N–H and O–H groups in total. The molecule has 5 nitrogen and oxygen atoms in total. The molecule has 0 aliphatic carbocycles. The predicted molar refractivity (Wildman–Crippen MR) is 123 cm³/mol. The van der Waals surface area contributed by atoms with Gasteiger partial charge in [0, 0.05) is 17.9 Å². The SMILES string of the molecule is CC[C@H](/C=C(/C)[C@@H]1CCC[C@H](O)C(C)(C)c2cccc(c2)C[C@@H](O)[C@H](C)C(=O)O1)CO. The van der Waals surface area contributed by atoms with Crippen LogP contribution < -0.4 is 0 Å². The summed E-state index contributed by atoms with van der Waals surface area (Å²) in [6.07, 6.45) is 3.17. The second kappa shape index (κ2) is 11.3. The molecule has 0 aromatic heterocycles. The van der Waals surface area contributed by atoms with Crippen molar-refractivity contribution in [2.45, 2.75) is 90.4 Å². The lowest BCUT2D eigenvalue weighted by molar-refractivity contribution is -0.155. The van der Waals surface area contributed by atoms with Crippen molar-refractivity contribution in [2.24, 2.45) is 11.8 Å². The largest absolute Gasteiger partial charge is 0.458 e. The highest BCUT2D eigenvalue weighted by atomic mass is 16.5. The summed E-state index contributed by atoms with van der Waals surface area (Å²) in [5, 5.41) is 31.2. The van der Waals surface area contributed by atoms with Gasteiger partial charge in [0.15, 0.2) is 0 Å². The quantitative estimate of drug-likeness (QED) is 0.496. The van der Waals surface area contributed by atoms with E-state index in [1.807, 2.05) is 58.0 Å². The van der Waals surface area contributed by atoms with Gasteiger partial charge >= 0.3 is 5.97 Å². The lowest BCUT2D eigenvalue weighted by Crippen LogP contribution is -2.35. The molecule has 31 heavy (non-hydrogen) atoms. The Balaban J connectivity index is 2.35. The fraction of sp³-hybridized carbons (Fsp3) is 0.654. The molecule has 1 aliphatic heterocycles. The van der Waals surface area contributed by atoms with Crippen molar-refractivity contribution < 1.29 is 24.9 Å². The van der Waals surface area contributed by atoms with Crippen molar-refractivity contribution in [2.75, 3.05) is 6.61 Å². The number of cyclic esters (lactones) is 1. The Morgan fingerprint density at radius 3 is 2.65 bits per heavy atom. The molecule has 0 spiro atoms. The van der Waals surface area contributed by atoms with Gasteiger partial charge in [-0.15, -0.1) is 0 Å². The average Bonchev–Trinajstić information content (AvgIpc) is 2.75. The van der Waals surface area contributed by atoms with Crippen LogP contribution in [0.1, 0.15) is 71.4 Å². The molecule has 1 aliphatic rings. The number of hydrogen-bond acceptors (Lipinski definition) is 5. The zero-order valence-electron chi connectivity index (χ0n) is 19.7. The van der Waals surface area contributed by atoms with Crippen LogP contribution in [0.3, 0.4) is 0 Å².